The number of ether oxygens (including phenoxy) is 1. The molecule has 0 aromatic heterocycles. The van der Waals surface area contributed by atoms with Gasteiger partial charge in [0.2, 0.25) is 15.9 Å². The zero-order chi connectivity index (χ0) is 23.3. The predicted octanol–water partition coefficient (Wildman–Crippen LogP) is 3.18. The highest BCUT2D eigenvalue weighted by atomic mass is 35.5. The summed E-state index contributed by atoms with van der Waals surface area (Å²) in [5, 5.41) is 0.751. The summed E-state index contributed by atoms with van der Waals surface area (Å²) in [5.74, 6) is 0.135. The number of carbonyl (C=O) groups excluding carboxylic acids is 1. The van der Waals surface area contributed by atoms with Crippen molar-refractivity contribution < 1.29 is 17.9 Å². The molecule has 2 aromatic rings. The van der Waals surface area contributed by atoms with Crippen LogP contribution in [-0.4, -0.2) is 64.5 Å². The maximum atomic E-state index is 12.7. The summed E-state index contributed by atoms with van der Waals surface area (Å²) < 4.78 is 31.9. The zero-order valence-electron chi connectivity index (χ0n) is 18.4. The molecule has 2 aromatic carbocycles. The molecule has 1 atom stereocenters. The van der Waals surface area contributed by atoms with Crippen LogP contribution >= 0.6 is 11.6 Å². The molecule has 1 aliphatic rings. The zero-order valence-corrected chi connectivity index (χ0v) is 20.0. The summed E-state index contributed by atoms with van der Waals surface area (Å²) >= 11 is 6.33. The lowest BCUT2D eigenvalue weighted by Gasteiger charge is -2.38. The number of sulfonamides is 1. The molecule has 1 fully saturated rings. The van der Waals surface area contributed by atoms with Crippen LogP contribution in [0.2, 0.25) is 5.02 Å². The number of rotatable bonds is 7. The van der Waals surface area contributed by atoms with Gasteiger partial charge in [0, 0.05) is 43.3 Å². The highest BCUT2D eigenvalue weighted by Gasteiger charge is 2.25. The topological polar surface area (TPSA) is 79.0 Å². The van der Waals surface area contributed by atoms with Crippen molar-refractivity contribution in [2.24, 2.45) is 0 Å². The fraction of sp³-hybridized carbons (Fsp3) is 0.348. The normalized spacial score (nSPS) is 16.3. The lowest BCUT2D eigenvalue weighted by atomic mass is 10.1. The van der Waals surface area contributed by atoms with E-state index in [9.17, 15) is 13.2 Å². The van der Waals surface area contributed by atoms with Gasteiger partial charge in [-0.25, -0.2) is 13.1 Å². The molecule has 0 saturated carbocycles. The van der Waals surface area contributed by atoms with E-state index in [0.717, 1.165) is 23.7 Å². The standard InChI is InChI=1S/C23H28ClN3O4S/c1-17(19-6-4-5-7-20(19)24)26-12-14-27(15-13-26)23(28)11-9-18-8-10-21(31-3)22(16-18)32(29,30)25-2/h4-11,16-17,25H,12-15H2,1-3H3/b11-9+. The van der Waals surface area contributed by atoms with Gasteiger partial charge in [-0.2, -0.15) is 0 Å². The molecule has 0 aliphatic carbocycles. The first kappa shape index (κ1) is 24.3. The second-order valence-corrected chi connectivity index (χ2v) is 9.77. The van der Waals surface area contributed by atoms with Crippen LogP contribution in [0.25, 0.3) is 6.08 Å². The molecule has 9 heteroatoms. The minimum atomic E-state index is -3.68. The number of nitrogens with one attached hydrogen (secondary N) is 1. The second-order valence-electron chi connectivity index (χ2n) is 7.51. The molecule has 1 unspecified atom stereocenters. The number of amides is 1. The Morgan fingerprint density at radius 3 is 2.47 bits per heavy atom. The Morgan fingerprint density at radius 1 is 1.16 bits per heavy atom. The van der Waals surface area contributed by atoms with Crippen LogP contribution < -0.4 is 9.46 Å². The van der Waals surface area contributed by atoms with E-state index < -0.39 is 10.0 Å². The maximum Gasteiger partial charge on any atom is 0.246 e. The Hall–Kier alpha value is -2.39. The number of nitrogens with zero attached hydrogens (tertiary/aromatic N) is 2. The van der Waals surface area contributed by atoms with Crippen LogP contribution in [0.5, 0.6) is 5.75 Å². The molecule has 7 nitrogen and oxygen atoms in total. The summed E-state index contributed by atoms with van der Waals surface area (Å²) in [5.41, 5.74) is 1.68. The van der Waals surface area contributed by atoms with Gasteiger partial charge in [0.05, 0.1) is 7.11 Å². The van der Waals surface area contributed by atoms with Crippen molar-refractivity contribution in [2.75, 3.05) is 40.3 Å². The minimum absolute atomic E-state index is 0.0271. The van der Waals surface area contributed by atoms with Crippen LogP contribution in [0, 0.1) is 0 Å². The molecule has 0 radical (unpaired) electrons. The first-order valence-electron chi connectivity index (χ1n) is 10.3. The number of methoxy groups -OCH3 is 1. The van der Waals surface area contributed by atoms with Crippen molar-refractivity contribution in [3.05, 3.63) is 64.7 Å². The van der Waals surface area contributed by atoms with Crippen LogP contribution in [-0.2, 0) is 14.8 Å². The molecule has 1 heterocycles. The van der Waals surface area contributed by atoms with E-state index in [1.165, 1.54) is 26.3 Å². The third kappa shape index (κ3) is 5.50. The first-order chi connectivity index (χ1) is 15.3. The quantitative estimate of drug-likeness (QED) is 0.619. The Kier molecular flexibility index (Phi) is 7.95. The molecule has 32 heavy (non-hydrogen) atoms. The molecule has 3 rings (SSSR count). The molecule has 1 saturated heterocycles. The second kappa shape index (κ2) is 10.5. The highest BCUT2D eigenvalue weighted by molar-refractivity contribution is 7.89. The number of carbonyl (C=O) groups is 1. The van der Waals surface area contributed by atoms with Gasteiger partial charge in [0.1, 0.15) is 10.6 Å². The number of piperazine rings is 1. The number of hydrogen-bond donors (Lipinski definition) is 1. The van der Waals surface area contributed by atoms with Gasteiger partial charge in [-0.3, -0.25) is 9.69 Å². The van der Waals surface area contributed by atoms with Gasteiger partial charge in [-0.1, -0.05) is 35.9 Å². The van der Waals surface area contributed by atoms with E-state index in [-0.39, 0.29) is 22.6 Å². The summed E-state index contributed by atoms with van der Waals surface area (Å²) in [6.07, 6.45) is 3.10. The van der Waals surface area contributed by atoms with E-state index in [2.05, 4.69) is 16.5 Å². The van der Waals surface area contributed by atoms with Gasteiger partial charge in [0.15, 0.2) is 0 Å². The smallest absolute Gasteiger partial charge is 0.246 e. The van der Waals surface area contributed by atoms with E-state index in [1.807, 2.05) is 24.3 Å². The van der Waals surface area contributed by atoms with Gasteiger partial charge < -0.3 is 9.64 Å². The van der Waals surface area contributed by atoms with Crippen molar-refractivity contribution in [2.45, 2.75) is 17.9 Å². The molecule has 0 bridgehead atoms. The van der Waals surface area contributed by atoms with Crippen LogP contribution in [0.15, 0.2) is 53.4 Å². The SMILES string of the molecule is CNS(=O)(=O)c1cc(/C=C/C(=O)N2CCN(C(C)c3ccccc3Cl)CC2)ccc1OC. The summed E-state index contributed by atoms with van der Waals surface area (Å²) in [6, 6.07) is 12.8. The summed E-state index contributed by atoms with van der Waals surface area (Å²) in [6.45, 7) is 4.84. The van der Waals surface area contributed by atoms with Crippen LogP contribution in [0.4, 0.5) is 0 Å². The van der Waals surface area contributed by atoms with E-state index in [0.29, 0.717) is 18.7 Å². The molecular formula is C23H28ClN3O4S. The Labute approximate surface area is 194 Å². The molecule has 1 aliphatic heterocycles. The lowest BCUT2D eigenvalue weighted by molar-refractivity contribution is -0.127. The van der Waals surface area contributed by atoms with Crippen molar-refractivity contribution in [3.63, 3.8) is 0 Å². The molecule has 0 spiro atoms. The van der Waals surface area contributed by atoms with Crippen molar-refractivity contribution in [3.8, 4) is 5.75 Å². The minimum Gasteiger partial charge on any atom is -0.495 e. The number of halogens is 1. The van der Waals surface area contributed by atoms with Crippen molar-refractivity contribution in [1.29, 1.82) is 0 Å². The third-order valence-corrected chi connectivity index (χ3v) is 7.47. The lowest BCUT2D eigenvalue weighted by Crippen LogP contribution is -2.48. The van der Waals surface area contributed by atoms with E-state index in [4.69, 9.17) is 16.3 Å². The summed E-state index contributed by atoms with van der Waals surface area (Å²) in [7, 11) is -0.930. The van der Waals surface area contributed by atoms with Crippen molar-refractivity contribution in [1.82, 2.24) is 14.5 Å². The third-order valence-electron chi connectivity index (χ3n) is 5.69. The number of hydrogen-bond acceptors (Lipinski definition) is 5. The predicted molar refractivity (Wildman–Crippen MR) is 126 cm³/mol. The fourth-order valence-electron chi connectivity index (χ4n) is 3.73. The largest absolute Gasteiger partial charge is 0.495 e. The molecule has 1 N–H and O–H groups in total. The summed E-state index contributed by atoms with van der Waals surface area (Å²) in [4.78, 5) is 16.8. The fourth-order valence-corrected chi connectivity index (χ4v) is 4.95. The van der Waals surface area contributed by atoms with Crippen molar-refractivity contribution >= 4 is 33.6 Å². The van der Waals surface area contributed by atoms with Gasteiger partial charge in [-0.15, -0.1) is 0 Å². The Balaban J connectivity index is 1.64. The Morgan fingerprint density at radius 2 is 1.84 bits per heavy atom. The van der Waals surface area contributed by atoms with Gasteiger partial charge in [0.25, 0.3) is 0 Å². The van der Waals surface area contributed by atoms with E-state index >= 15 is 0 Å². The highest BCUT2D eigenvalue weighted by Crippen LogP contribution is 2.28. The van der Waals surface area contributed by atoms with Crippen LogP contribution in [0.3, 0.4) is 0 Å². The molecule has 172 valence electrons. The average molecular weight is 478 g/mol. The monoisotopic (exact) mass is 477 g/mol. The maximum absolute atomic E-state index is 12.7. The Bertz CT molecular complexity index is 1100. The molecule has 1 amide bonds. The average Bonchev–Trinajstić information content (AvgIpc) is 2.82. The number of benzene rings is 2. The van der Waals surface area contributed by atoms with Gasteiger partial charge >= 0.3 is 0 Å². The molecular weight excluding hydrogens is 450 g/mol. The van der Waals surface area contributed by atoms with Crippen LogP contribution in [0.1, 0.15) is 24.1 Å². The van der Waals surface area contributed by atoms with E-state index in [1.54, 1.807) is 23.1 Å². The first-order valence-corrected chi connectivity index (χ1v) is 12.2. The van der Waals surface area contributed by atoms with Gasteiger partial charge in [-0.05, 0) is 49.4 Å².